The summed E-state index contributed by atoms with van der Waals surface area (Å²) in [4.78, 5) is 13.4. The third-order valence-corrected chi connectivity index (χ3v) is 6.90. The summed E-state index contributed by atoms with van der Waals surface area (Å²) < 4.78 is 5.71. The highest BCUT2D eigenvalue weighted by molar-refractivity contribution is 5.09. The Labute approximate surface area is 179 Å². The normalized spacial score (nSPS) is 22.1. The zero-order valence-corrected chi connectivity index (χ0v) is 17.9. The summed E-state index contributed by atoms with van der Waals surface area (Å²) in [5.74, 6) is -1.09. The predicted molar refractivity (Wildman–Crippen MR) is 115 cm³/mol. The molecule has 2 aromatic heterocycles. The summed E-state index contributed by atoms with van der Waals surface area (Å²) >= 11 is 0. The lowest BCUT2D eigenvalue weighted by atomic mass is 9.76. The van der Waals surface area contributed by atoms with Gasteiger partial charge in [0.1, 0.15) is 0 Å². The summed E-state index contributed by atoms with van der Waals surface area (Å²) in [5, 5.41) is 13.8. The first-order valence-corrected chi connectivity index (χ1v) is 11.2. The average molecular weight is 410 g/mol. The van der Waals surface area contributed by atoms with Crippen LogP contribution < -0.4 is 0 Å². The molecule has 6 nitrogen and oxygen atoms in total. The van der Waals surface area contributed by atoms with E-state index in [1.807, 2.05) is 30.7 Å². The van der Waals surface area contributed by atoms with Crippen molar-refractivity contribution >= 4 is 0 Å². The Hall–Kier alpha value is -1.86. The summed E-state index contributed by atoms with van der Waals surface area (Å²) in [6.45, 7) is 5.59. The van der Waals surface area contributed by atoms with Crippen LogP contribution in [0, 0.1) is 11.8 Å². The molecule has 0 amide bonds. The van der Waals surface area contributed by atoms with E-state index in [2.05, 4.69) is 38.0 Å². The lowest BCUT2D eigenvalue weighted by Crippen LogP contribution is -2.52. The fourth-order valence-electron chi connectivity index (χ4n) is 5.12. The van der Waals surface area contributed by atoms with Gasteiger partial charge in [-0.1, -0.05) is 6.07 Å². The highest BCUT2D eigenvalue weighted by Gasteiger charge is 2.47. The molecule has 30 heavy (non-hydrogen) atoms. The first-order valence-electron chi connectivity index (χ1n) is 11.2. The fraction of sp³-hybridized carbons (Fsp3) is 0.583. The molecule has 0 aromatic carbocycles. The molecule has 6 heteroatoms. The van der Waals surface area contributed by atoms with E-state index >= 15 is 0 Å². The minimum absolute atomic E-state index is 0.0826. The molecule has 0 aliphatic carbocycles. The van der Waals surface area contributed by atoms with Crippen LogP contribution in [-0.2, 0) is 22.9 Å². The van der Waals surface area contributed by atoms with Gasteiger partial charge in [-0.15, -0.1) is 0 Å². The van der Waals surface area contributed by atoms with Gasteiger partial charge in [0.15, 0.2) is 0 Å². The molecular weight excluding hydrogens is 376 g/mol. The summed E-state index contributed by atoms with van der Waals surface area (Å²) in [6.07, 6.45) is 9.17. The van der Waals surface area contributed by atoms with Crippen LogP contribution in [0.25, 0.3) is 0 Å². The van der Waals surface area contributed by atoms with Gasteiger partial charge in [-0.05, 0) is 81.7 Å². The molecule has 2 saturated heterocycles. The molecule has 0 spiro atoms. The number of ether oxygens (including phenoxy) is 1. The van der Waals surface area contributed by atoms with Crippen molar-refractivity contribution in [2.24, 2.45) is 11.8 Å². The van der Waals surface area contributed by atoms with Crippen molar-refractivity contribution in [3.8, 4) is 0 Å². The van der Waals surface area contributed by atoms with E-state index in [-0.39, 0.29) is 11.8 Å². The molecule has 1 unspecified atom stereocenters. The van der Waals surface area contributed by atoms with Crippen LogP contribution in [0.5, 0.6) is 0 Å². The number of hydrogen-bond donors (Lipinski definition) is 0. The summed E-state index contributed by atoms with van der Waals surface area (Å²) in [5.41, 5.74) is 2.38. The molecule has 1 radical (unpaired) electrons. The fourth-order valence-corrected chi connectivity index (χ4v) is 5.12. The Kier molecular flexibility index (Phi) is 7.10. The summed E-state index contributed by atoms with van der Waals surface area (Å²) in [6, 6.07) is 10.2. The Morgan fingerprint density at radius 2 is 1.50 bits per heavy atom. The second kappa shape index (κ2) is 9.96. The van der Waals surface area contributed by atoms with Gasteiger partial charge in [0, 0.05) is 50.6 Å². The van der Waals surface area contributed by atoms with E-state index in [1.54, 1.807) is 7.11 Å². The number of likely N-dealkylation sites (tertiary alicyclic amines) is 2. The zero-order chi connectivity index (χ0) is 20.8. The Bertz CT molecular complexity index is 696. The van der Waals surface area contributed by atoms with Gasteiger partial charge < -0.3 is 4.74 Å². The van der Waals surface area contributed by atoms with Crippen LogP contribution in [-0.4, -0.2) is 58.8 Å². The van der Waals surface area contributed by atoms with E-state index in [0.29, 0.717) is 0 Å². The molecule has 161 valence electrons. The minimum Gasteiger partial charge on any atom is -0.350 e. The highest BCUT2D eigenvalue weighted by atomic mass is 16.6. The monoisotopic (exact) mass is 409 g/mol. The van der Waals surface area contributed by atoms with Gasteiger partial charge in [-0.2, -0.15) is 5.11 Å². The zero-order valence-electron chi connectivity index (χ0n) is 17.9. The topological polar surface area (TPSA) is 61.4 Å². The first-order chi connectivity index (χ1) is 14.7. The molecule has 0 N–H and O–H groups in total. The van der Waals surface area contributed by atoms with Gasteiger partial charge >= 0.3 is 0 Å². The highest BCUT2D eigenvalue weighted by Crippen LogP contribution is 2.40. The number of aromatic nitrogens is 2. The van der Waals surface area contributed by atoms with E-state index in [9.17, 15) is 5.11 Å². The molecule has 2 fully saturated rings. The van der Waals surface area contributed by atoms with Crippen LogP contribution in [0.15, 0.2) is 48.9 Å². The van der Waals surface area contributed by atoms with Gasteiger partial charge in [0.05, 0.1) is 5.69 Å². The van der Waals surface area contributed by atoms with Crippen LogP contribution >= 0.6 is 0 Å². The summed E-state index contributed by atoms with van der Waals surface area (Å²) in [7, 11) is 1.62. The lowest BCUT2D eigenvalue weighted by Gasteiger charge is -2.45. The van der Waals surface area contributed by atoms with E-state index in [0.717, 1.165) is 70.6 Å². The first kappa shape index (κ1) is 21.4. The Morgan fingerprint density at radius 1 is 0.900 bits per heavy atom. The smallest absolute Gasteiger partial charge is 0.207 e. The van der Waals surface area contributed by atoms with Crippen LogP contribution in [0.2, 0.25) is 0 Å². The van der Waals surface area contributed by atoms with Gasteiger partial charge in [0.2, 0.25) is 5.79 Å². The average Bonchev–Trinajstić information content (AvgIpc) is 2.81. The van der Waals surface area contributed by atoms with Crippen molar-refractivity contribution in [3.63, 3.8) is 0 Å². The third-order valence-electron chi connectivity index (χ3n) is 6.90. The van der Waals surface area contributed by atoms with Crippen molar-refractivity contribution < 1.29 is 9.84 Å². The number of hydrogen-bond acceptors (Lipinski definition) is 5. The Balaban J connectivity index is 1.29. The molecule has 0 saturated carbocycles. The second-order valence-electron chi connectivity index (χ2n) is 8.70. The SMILES string of the molecule is COC([O])(C1CCN(Cc2ccncc2)CC1)C1CCN(Cc2ccccn2)CC1. The van der Waals surface area contributed by atoms with E-state index in [1.165, 1.54) is 5.56 Å². The van der Waals surface area contributed by atoms with Crippen molar-refractivity contribution in [1.82, 2.24) is 19.8 Å². The second-order valence-corrected chi connectivity index (χ2v) is 8.70. The molecular formula is C24H33N4O2. The van der Waals surface area contributed by atoms with Crippen molar-refractivity contribution in [2.75, 3.05) is 33.3 Å². The molecule has 2 aliphatic heterocycles. The number of pyridine rings is 2. The van der Waals surface area contributed by atoms with E-state index in [4.69, 9.17) is 4.74 Å². The molecule has 1 atom stereocenters. The molecule has 2 aliphatic rings. The van der Waals surface area contributed by atoms with Crippen LogP contribution in [0.3, 0.4) is 0 Å². The predicted octanol–water partition coefficient (Wildman–Crippen LogP) is 3.37. The van der Waals surface area contributed by atoms with Crippen LogP contribution in [0.4, 0.5) is 0 Å². The molecule has 4 rings (SSSR count). The number of nitrogens with zero attached hydrogens (tertiary/aromatic N) is 4. The Morgan fingerprint density at radius 3 is 2.03 bits per heavy atom. The van der Waals surface area contributed by atoms with Gasteiger partial charge in [-0.25, -0.2) is 0 Å². The molecule has 2 aromatic rings. The maximum absolute atomic E-state index is 13.8. The number of rotatable bonds is 7. The maximum atomic E-state index is 13.8. The number of methoxy groups -OCH3 is 1. The van der Waals surface area contributed by atoms with Crippen molar-refractivity contribution in [1.29, 1.82) is 0 Å². The molecule has 0 bridgehead atoms. The quantitative estimate of drug-likeness (QED) is 0.656. The number of piperidine rings is 2. The van der Waals surface area contributed by atoms with Crippen LogP contribution in [0.1, 0.15) is 36.9 Å². The third kappa shape index (κ3) is 5.06. The largest absolute Gasteiger partial charge is 0.350 e. The van der Waals surface area contributed by atoms with Gasteiger partial charge in [0.25, 0.3) is 0 Å². The van der Waals surface area contributed by atoms with Crippen molar-refractivity contribution in [3.05, 3.63) is 60.2 Å². The standard InChI is InChI=1S/C24H33N4O2/c1-30-24(29,21-7-14-27(15-8-21)18-20-5-12-25-13-6-20)22-9-16-28(17-10-22)19-23-4-2-3-11-26-23/h2-6,11-13,21-22H,7-10,14-19H2,1H3. The van der Waals surface area contributed by atoms with Gasteiger partial charge in [-0.3, -0.25) is 19.8 Å². The maximum Gasteiger partial charge on any atom is 0.207 e. The molecule has 4 heterocycles. The minimum atomic E-state index is -1.26. The lowest BCUT2D eigenvalue weighted by molar-refractivity contribution is -0.300. The van der Waals surface area contributed by atoms with E-state index < -0.39 is 5.79 Å². The van der Waals surface area contributed by atoms with Crippen molar-refractivity contribution in [2.45, 2.75) is 44.6 Å².